The van der Waals surface area contributed by atoms with Crippen LogP contribution in [0.3, 0.4) is 0 Å². The molecule has 0 aliphatic carbocycles. The number of amides is 1. The van der Waals surface area contributed by atoms with Crippen molar-refractivity contribution in [1.29, 1.82) is 0 Å². The molecule has 7 heteroatoms. The standard InChI is InChI=1S/C20H24N4O2S/c1-5-24-19(17-7-6-10-26-17)22-23-20(24)27-12-18(25)21-15(4)16-9-8-13(2)14(3)11-16/h6-11,15H,5,12H2,1-4H3,(H,21,25). The van der Waals surface area contributed by atoms with Crippen molar-refractivity contribution in [3.63, 3.8) is 0 Å². The number of benzene rings is 1. The SMILES string of the molecule is CCn1c(SCC(=O)NC(C)c2ccc(C)c(C)c2)nnc1-c1ccco1. The number of furan rings is 1. The van der Waals surface area contributed by atoms with Gasteiger partial charge in [0.05, 0.1) is 18.1 Å². The largest absolute Gasteiger partial charge is 0.461 e. The third-order valence-electron chi connectivity index (χ3n) is 4.52. The molecule has 0 saturated carbocycles. The van der Waals surface area contributed by atoms with Gasteiger partial charge in [0, 0.05) is 6.54 Å². The van der Waals surface area contributed by atoms with Crippen molar-refractivity contribution in [3.8, 4) is 11.6 Å². The van der Waals surface area contributed by atoms with E-state index in [0.29, 0.717) is 23.3 Å². The summed E-state index contributed by atoms with van der Waals surface area (Å²) in [6, 6.07) is 9.89. The summed E-state index contributed by atoms with van der Waals surface area (Å²) >= 11 is 1.38. The first kappa shape index (κ1) is 19.2. The number of thioether (sulfide) groups is 1. The molecule has 0 saturated heterocycles. The highest BCUT2D eigenvalue weighted by Gasteiger charge is 2.17. The lowest BCUT2D eigenvalue weighted by molar-refractivity contribution is -0.119. The maximum absolute atomic E-state index is 12.4. The molecule has 1 N–H and O–H groups in total. The van der Waals surface area contributed by atoms with Crippen LogP contribution in [0.4, 0.5) is 0 Å². The predicted molar refractivity (Wildman–Crippen MR) is 107 cm³/mol. The zero-order chi connectivity index (χ0) is 19.4. The monoisotopic (exact) mass is 384 g/mol. The van der Waals surface area contributed by atoms with Crippen LogP contribution in [-0.2, 0) is 11.3 Å². The highest BCUT2D eigenvalue weighted by atomic mass is 32.2. The Morgan fingerprint density at radius 2 is 2.07 bits per heavy atom. The van der Waals surface area contributed by atoms with Crippen molar-refractivity contribution in [2.45, 2.75) is 45.4 Å². The molecule has 27 heavy (non-hydrogen) atoms. The van der Waals surface area contributed by atoms with Crippen LogP contribution >= 0.6 is 11.8 Å². The quantitative estimate of drug-likeness (QED) is 0.620. The van der Waals surface area contributed by atoms with Gasteiger partial charge in [-0.3, -0.25) is 9.36 Å². The van der Waals surface area contributed by atoms with Crippen molar-refractivity contribution < 1.29 is 9.21 Å². The van der Waals surface area contributed by atoms with Gasteiger partial charge in [-0.15, -0.1) is 10.2 Å². The van der Waals surface area contributed by atoms with E-state index in [1.807, 2.05) is 30.5 Å². The summed E-state index contributed by atoms with van der Waals surface area (Å²) in [5.74, 6) is 1.60. The van der Waals surface area contributed by atoms with Gasteiger partial charge in [0.15, 0.2) is 16.7 Å². The van der Waals surface area contributed by atoms with Crippen molar-refractivity contribution in [2.75, 3.05) is 5.75 Å². The molecule has 0 aliphatic rings. The number of carbonyl (C=O) groups is 1. The number of nitrogens with one attached hydrogen (secondary N) is 1. The number of nitrogens with zero attached hydrogens (tertiary/aromatic N) is 3. The Labute approximate surface area is 163 Å². The van der Waals surface area contributed by atoms with Crippen molar-refractivity contribution in [2.24, 2.45) is 0 Å². The van der Waals surface area contributed by atoms with Gasteiger partial charge in [-0.25, -0.2) is 0 Å². The second-order valence-electron chi connectivity index (χ2n) is 6.45. The second-order valence-corrected chi connectivity index (χ2v) is 7.39. The molecule has 1 unspecified atom stereocenters. The summed E-state index contributed by atoms with van der Waals surface area (Å²) in [6.45, 7) is 8.88. The van der Waals surface area contributed by atoms with E-state index in [-0.39, 0.29) is 17.7 Å². The Morgan fingerprint density at radius 3 is 2.74 bits per heavy atom. The van der Waals surface area contributed by atoms with Crippen LogP contribution < -0.4 is 5.32 Å². The Bertz CT molecular complexity index is 918. The summed E-state index contributed by atoms with van der Waals surface area (Å²) in [6.07, 6.45) is 1.61. The van der Waals surface area contributed by atoms with E-state index in [1.165, 1.54) is 22.9 Å². The molecular weight excluding hydrogens is 360 g/mol. The normalized spacial score (nSPS) is 12.1. The van der Waals surface area contributed by atoms with Crippen LogP contribution in [-0.4, -0.2) is 26.4 Å². The molecule has 3 aromatic rings. The molecule has 1 atom stereocenters. The van der Waals surface area contributed by atoms with Crippen molar-refractivity contribution in [1.82, 2.24) is 20.1 Å². The zero-order valence-electron chi connectivity index (χ0n) is 16.0. The van der Waals surface area contributed by atoms with Gasteiger partial charge in [0.25, 0.3) is 0 Å². The number of aryl methyl sites for hydroxylation is 2. The Hall–Kier alpha value is -2.54. The number of hydrogen-bond acceptors (Lipinski definition) is 5. The van der Waals surface area contributed by atoms with E-state index in [9.17, 15) is 4.79 Å². The van der Waals surface area contributed by atoms with Gasteiger partial charge < -0.3 is 9.73 Å². The summed E-state index contributed by atoms with van der Waals surface area (Å²) in [5, 5.41) is 12.2. The lowest BCUT2D eigenvalue weighted by Gasteiger charge is -2.15. The maximum atomic E-state index is 12.4. The van der Waals surface area contributed by atoms with Crippen LogP contribution in [0, 0.1) is 13.8 Å². The summed E-state index contributed by atoms with van der Waals surface area (Å²) in [7, 11) is 0. The number of hydrogen-bond donors (Lipinski definition) is 1. The third-order valence-corrected chi connectivity index (χ3v) is 5.48. The number of carbonyl (C=O) groups excluding carboxylic acids is 1. The first-order chi connectivity index (χ1) is 13.0. The number of aromatic nitrogens is 3. The molecule has 2 aromatic heterocycles. The van der Waals surface area contributed by atoms with Gasteiger partial charge in [0.1, 0.15) is 0 Å². The van der Waals surface area contributed by atoms with Gasteiger partial charge in [-0.05, 0) is 56.5 Å². The first-order valence-electron chi connectivity index (χ1n) is 8.96. The molecule has 1 aromatic carbocycles. The fourth-order valence-corrected chi connectivity index (χ4v) is 3.61. The van der Waals surface area contributed by atoms with Crippen molar-refractivity contribution in [3.05, 3.63) is 53.3 Å². The molecule has 1 amide bonds. The molecule has 0 bridgehead atoms. The predicted octanol–water partition coefficient (Wildman–Crippen LogP) is 4.14. The van der Waals surface area contributed by atoms with Gasteiger partial charge in [-0.1, -0.05) is 30.0 Å². The highest BCUT2D eigenvalue weighted by Crippen LogP contribution is 2.24. The second kappa shape index (κ2) is 8.43. The van der Waals surface area contributed by atoms with E-state index < -0.39 is 0 Å². The minimum absolute atomic E-state index is 0.0315. The average Bonchev–Trinajstić information content (AvgIpc) is 3.30. The lowest BCUT2D eigenvalue weighted by Crippen LogP contribution is -2.28. The highest BCUT2D eigenvalue weighted by molar-refractivity contribution is 7.99. The third kappa shape index (κ3) is 4.42. The summed E-state index contributed by atoms with van der Waals surface area (Å²) < 4.78 is 7.36. The average molecular weight is 385 g/mol. The van der Waals surface area contributed by atoms with Crippen molar-refractivity contribution >= 4 is 17.7 Å². The van der Waals surface area contributed by atoms with Crippen LogP contribution in [0.5, 0.6) is 0 Å². The van der Waals surface area contributed by atoms with Gasteiger partial charge >= 0.3 is 0 Å². The Morgan fingerprint density at radius 1 is 1.26 bits per heavy atom. The number of rotatable bonds is 7. The van der Waals surface area contributed by atoms with Gasteiger partial charge in [0.2, 0.25) is 5.91 Å². The molecule has 142 valence electrons. The summed E-state index contributed by atoms with van der Waals surface area (Å²) in [4.78, 5) is 12.4. The van der Waals surface area contributed by atoms with Gasteiger partial charge in [-0.2, -0.15) is 0 Å². The van der Waals surface area contributed by atoms with Crippen LogP contribution in [0.15, 0.2) is 46.2 Å². The minimum Gasteiger partial charge on any atom is -0.461 e. The molecule has 6 nitrogen and oxygen atoms in total. The first-order valence-corrected chi connectivity index (χ1v) is 9.94. The van der Waals surface area contributed by atoms with E-state index in [4.69, 9.17) is 4.42 Å². The lowest BCUT2D eigenvalue weighted by atomic mass is 10.0. The zero-order valence-corrected chi connectivity index (χ0v) is 16.8. The van der Waals surface area contributed by atoms with E-state index >= 15 is 0 Å². The van der Waals surface area contributed by atoms with Crippen LogP contribution in [0.25, 0.3) is 11.6 Å². The molecule has 0 fully saturated rings. The van der Waals surface area contributed by atoms with E-state index in [1.54, 1.807) is 6.26 Å². The topological polar surface area (TPSA) is 73.0 Å². The Balaban J connectivity index is 1.61. The molecule has 0 aliphatic heterocycles. The van der Waals surface area contributed by atoms with E-state index in [2.05, 4.69) is 47.6 Å². The Kier molecular flexibility index (Phi) is 6.01. The smallest absolute Gasteiger partial charge is 0.230 e. The molecule has 3 rings (SSSR count). The molecule has 0 spiro atoms. The van der Waals surface area contributed by atoms with Crippen LogP contribution in [0.1, 0.15) is 36.6 Å². The molecule has 2 heterocycles. The molecule has 0 radical (unpaired) electrons. The summed E-state index contributed by atoms with van der Waals surface area (Å²) in [5.41, 5.74) is 3.58. The van der Waals surface area contributed by atoms with E-state index in [0.717, 1.165) is 5.56 Å². The fraction of sp³-hybridized carbons (Fsp3) is 0.350. The fourth-order valence-electron chi connectivity index (χ4n) is 2.80. The molecular formula is C20H24N4O2S. The maximum Gasteiger partial charge on any atom is 0.230 e. The van der Waals surface area contributed by atoms with Crippen LogP contribution in [0.2, 0.25) is 0 Å². The minimum atomic E-state index is -0.0416.